The predicted octanol–water partition coefficient (Wildman–Crippen LogP) is 5.34. The second kappa shape index (κ2) is 10.6. The second-order valence-electron chi connectivity index (χ2n) is 9.09. The van der Waals surface area contributed by atoms with E-state index in [-0.39, 0.29) is 18.3 Å². The van der Waals surface area contributed by atoms with E-state index in [2.05, 4.69) is 12.2 Å². The monoisotopic (exact) mass is 485 g/mol. The zero-order valence-corrected chi connectivity index (χ0v) is 20.7. The van der Waals surface area contributed by atoms with Crippen LogP contribution in [0.2, 0.25) is 5.02 Å². The van der Waals surface area contributed by atoms with Crippen LogP contribution in [0.5, 0.6) is 5.75 Å². The minimum absolute atomic E-state index is 0.222. The standard InChI is InChI=1S/C25H32ClN5O3/c1-4-5-19-22-23(31(2)30-19)25(27-14-16-8-11-20(34-3)18(26)12-16)29-24(28-22)17-9-6-15(7-10-17)13-21(32)33/h8,11-12,15,17H,4-7,9-10,13-14H2,1-3H3,(H,32,33)(H,27,28,29). The van der Waals surface area contributed by atoms with Gasteiger partial charge in [0.1, 0.15) is 22.6 Å². The van der Waals surface area contributed by atoms with Crippen molar-refractivity contribution >= 4 is 34.4 Å². The van der Waals surface area contributed by atoms with Crippen LogP contribution < -0.4 is 10.1 Å². The number of rotatable bonds is 9. The minimum Gasteiger partial charge on any atom is -0.495 e. The van der Waals surface area contributed by atoms with Crippen molar-refractivity contribution < 1.29 is 14.6 Å². The quantitative estimate of drug-likeness (QED) is 0.421. The predicted molar refractivity (Wildman–Crippen MR) is 133 cm³/mol. The zero-order chi connectivity index (χ0) is 24.2. The Morgan fingerprint density at radius 1 is 1.26 bits per heavy atom. The fraction of sp³-hybridized carbons (Fsp3) is 0.520. The third kappa shape index (κ3) is 5.27. The van der Waals surface area contributed by atoms with Crippen molar-refractivity contribution in [2.45, 2.75) is 64.3 Å². The number of carboxylic acid groups (broad SMARTS) is 1. The van der Waals surface area contributed by atoms with Gasteiger partial charge in [0.2, 0.25) is 0 Å². The molecule has 0 unspecified atom stereocenters. The molecule has 0 saturated heterocycles. The van der Waals surface area contributed by atoms with E-state index >= 15 is 0 Å². The number of fused-ring (bicyclic) bond motifs is 1. The lowest BCUT2D eigenvalue weighted by Gasteiger charge is -2.27. The van der Waals surface area contributed by atoms with Gasteiger partial charge in [0, 0.05) is 25.9 Å². The van der Waals surface area contributed by atoms with Gasteiger partial charge in [0.05, 0.1) is 17.8 Å². The van der Waals surface area contributed by atoms with Crippen molar-refractivity contribution in [3.8, 4) is 5.75 Å². The molecule has 1 saturated carbocycles. The van der Waals surface area contributed by atoms with Crippen molar-refractivity contribution in [2.75, 3.05) is 12.4 Å². The van der Waals surface area contributed by atoms with E-state index < -0.39 is 5.97 Å². The third-order valence-corrected chi connectivity index (χ3v) is 6.90. The van der Waals surface area contributed by atoms with Gasteiger partial charge in [-0.2, -0.15) is 5.10 Å². The number of hydrogen-bond donors (Lipinski definition) is 2. The second-order valence-corrected chi connectivity index (χ2v) is 9.49. The van der Waals surface area contributed by atoms with Crippen molar-refractivity contribution in [1.29, 1.82) is 0 Å². The minimum atomic E-state index is -0.717. The fourth-order valence-electron chi connectivity index (χ4n) is 4.85. The van der Waals surface area contributed by atoms with Crippen LogP contribution in [0.15, 0.2) is 18.2 Å². The van der Waals surface area contributed by atoms with E-state index in [0.717, 1.165) is 72.5 Å². The molecular weight excluding hydrogens is 454 g/mol. The molecule has 8 nitrogen and oxygen atoms in total. The normalized spacial score (nSPS) is 18.2. The maximum absolute atomic E-state index is 11.1. The van der Waals surface area contributed by atoms with E-state index in [9.17, 15) is 4.79 Å². The lowest BCUT2D eigenvalue weighted by atomic mass is 9.80. The smallest absolute Gasteiger partial charge is 0.303 e. The first kappa shape index (κ1) is 24.3. The Morgan fingerprint density at radius 2 is 2.03 bits per heavy atom. The highest BCUT2D eigenvalue weighted by Gasteiger charge is 2.27. The van der Waals surface area contributed by atoms with E-state index in [1.165, 1.54) is 0 Å². The number of halogens is 1. The summed E-state index contributed by atoms with van der Waals surface area (Å²) in [5, 5.41) is 17.9. The maximum atomic E-state index is 11.1. The van der Waals surface area contributed by atoms with Crippen molar-refractivity contribution in [3.63, 3.8) is 0 Å². The number of hydrogen-bond acceptors (Lipinski definition) is 6. The summed E-state index contributed by atoms with van der Waals surface area (Å²) < 4.78 is 7.11. The van der Waals surface area contributed by atoms with Crippen LogP contribution in [0.3, 0.4) is 0 Å². The Hall–Kier alpha value is -2.87. The summed E-state index contributed by atoms with van der Waals surface area (Å²) in [7, 11) is 3.53. The Balaban J connectivity index is 1.63. The molecule has 182 valence electrons. The Labute approximate surface area is 204 Å². The van der Waals surface area contributed by atoms with Gasteiger partial charge in [0.15, 0.2) is 5.82 Å². The highest BCUT2D eigenvalue weighted by molar-refractivity contribution is 6.32. The summed E-state index contributed by atoms with van der Waals surface area (Å²) in [6, 6.07) is 5.73. The van der Waals surface area contributed by atoms with Gasteiger partial charge >= 0.3 is 5.97 Å². The molecule has 4 rings (SSSR count). The summed E-state index contributed by atoms with van der Waals surface area (Å²) in [4.78, 5) is 21.0. The number of aliphatic carboxylic acids is 1. The molecule has 2 aromatic heterocycles. The Morgan fingerprint density at radius 3 is 2.68 bits per heavy atom. The zero-order valence-electron chi connectivity index (χ0n) is 20.0. The Bertz CT molecular complexity index is 1170. The molecular formula is C25H32ClN5O3. The summed E-state index contributed by atoms with van der Waals surface area (Å²) in [6.07, 6.45) is 5.67. The number of nitrogens with one attached hydrogen (secondary N) is 1. The van der Waals surface area contributed by atoms with Gasteiger partial charge in [0.25, 0.3) is 0 Å². The average Bonchev–Trinajstić information content (AvgIpc) is 3.13. The SMILES string of the molecule is CCCc1nn(C)c2c(NCc3ccc(OC)c(Cl)c3)nc(C3CCC(CC(=O)O)CC3)nc12. The molecule has 34 heavy (non-hydrogen) atoms. The highest BCUT2D eigenvalue weighted by Crippen LogP contribution is 2.37. The molecule has 0 spiro atoms. The number of aryl methyl sites for hydroxylation is 2. The Kier molecular flexibility index (Phi) is 7.56. The molecule has 1 fully saturated rings. The summed E-state index contributed by atoms with van der Waals surface area (Å²) >= 11 is 6.31. The van der Waals surface area contributed by atoms with E-state index in [4.69, 9.17) is 36.5 Å². The highest BCUT2D eigenvalue weighted by atomic mass is 35.5. The van der Waals surface area contributed by atoms with Crippen LogP contribution >= 0.6 is 11.6 Å². The molecule has 2 N–H and O–H groups in total. The van der Waals surface area contributed by atoms with Gasteiger partial charge in [-0.3, -0.25) is 9.48 Å². The maximum Gasteiger partial charge on any atom is 0.303 e. The average molecular weight is 486 g/mol. The first-order chi connectivity index (χ1) is 16.4. The number of ether oxygens (including phenoxy) is 1. The molecule has 1 aliphatic carbocycles. The largest absolute Gasteiger partial charge is 0.495 e. The van der Waals surface area contributed by atoms with Gasteiger partial charge in [-0.05, 0) is 55.7 Å². The molecule has 3 aromatic rings. The first-order valence-electron chi connectivity index (χ1n) is 11.9. The summed E-state index contributed by atoms with van der Waals surface area (Å²) in [5.41, 5.74) is 3.80. The van der Waals surface area contributed by atoms with E-state index in [1.807, 2.05) is 29.9 Å². The van der Waals surface area contributed by atoms with Gasteiger partial charge in [-0.25, -0.2) is 9.97 Å². The topological polar surface area (TPSA) is 102 Å². The summed E-state index contributed by atoms with van der Waals surface area (Å²) in [5.74, 6) is 1.97. The van der Waals surface area contributed by atoms with Crippen LogP contribution in [-0.2, 0) is 24.8 Å². The molecule has 9 heteroatoms. The molecule has 0 radical (unpaired) electrons. The van der Waals surface area contributed by atoms with Gasteiger partial charge < -0.3 is 15.2 Å². The number of aromatic nitrogens is 4. The number of methoxy groups -OCH3 is 1. The van der Waals surface area contributed by atoms with Crippen molar-refractivity contribution in [1.82, 2.24) is 19.7 Å². The lowest BCUT2D eigenvalue weighted by molar-refractivity contribution is -0.138. The first-order valence-corrected chi connectivity index (χ1v) is 12.3. The number of anilines is 1. The molecule has 0 amide bonds. The molecule has 1 aromatic carbocycles. The van der Waals surface area contributed by atoms with Gasteiger partial charge in [-0.1, -0.05) is 31.0 Å². The molecule has 0 atom stereocenters. The third-order valence-electron chi connectivity index (χ3n) is 6.61. The number of carboxylic acids is 1. The van der Waals surface area contributed by atoms with Gasteiger partial charge in [-0.15, -0.1) is 0 Å². The van der Waals surface area contributed by atoms with Crippen LogP contribution in [-0.4, -0.2) is 37.9 Å². The molecule has 1 aliphatic rings. The lowest BCUT2D eigenvalue weighted by Crippen LogP contribution is -2.18. The van der Waals surface area contributed by atoms with Crippen molar-refractivity contribution in [2.24, 2.45) is 13.0 Å². The fourth-order valence-corrected chi connectivity index (χ4v) is 5.13. The number of nitrogens with zero attached hydrogens (tertiary/aromatic N) is 4. The van der Waals surface area contributed by atoms with E-state index in [0.29, 0.717) is 17.3 Å². The van der Waals surface area contributed by atoms with Crippen LogP contribution in [0, 0.1) is 5.92 Å². The molecule has 0 bridgehead atoms. The number of benzene rings is 1. The molecule has 0 aliphatic heterocycles. The van der Waals surface area contributed by atoms with Crippen LogP contribution in [0.4, 0.5) is 5.82 Å². The van der Waals surface area contributed by atoms with Crippen LogP contribution in [0.1, 0.15) is 68.4 Å². The number of carbonyl (C=O) groups is 1. The molecule has 2 heterocycles. The van der Waals surface area contributed by atoms with E-state index in [1.54, 1.807) is 7.11 Å². The van der Waals surface area contributed by atoms with Crippen molar-refractivity contribution in [3.05, 3.63) is 40.3 Å². The van der Waals surface area contributed by atoms with Crippen LogP contribution in [0.25, 0.3) is 11.0 Å². The summed E-state index contributed by atoms with van der Waals surface area (Å²) in [6.45, 7) is 2.69.